The summed E-state index contributed by atoms with van der Waals surface area (Å²) in [6.07, 6.45) is 1.11. The van der Waals surface area contributed by atoms with Gasteiger partial charge < -0.3 is 10.4 Å². The third-order valence-electron chi connectivity index (χ3n) is 3.91. The average Bonchev–Trinajstić information content (AvgIpc) is 2.62. The van der Waals surface area contributed by atoms with Gasteiger partial charge >= 0.3 is 5.97 Å². The number of aromatic carboxylic acids is 1. The van der Waals surface area contributed by atoms with Gasteiger partial charge in [0.1, 0.15) is 0 Å². The predicted octanol–water partition coefficient (Wildman–Crippen LogP) is 3.62. The van der Waals surface area contributed by atoms with E-state index >= 15 is 0 Å². The quantitative estimate of drug-likeness (QED) is 0.519. The molecule has 0 saturated carbocycles. The highest BCUT2D eigenvalue weighted by Crippen LogP contribution is 2.17. The normalized spacial score (nSPS) is 12.4. The maximum atomic E-state index is 12.6. The van der Waals surface area contributed by atoms with E-state index in [9.17, 15) is 18.0 Å². The predicted molar refractivity (Wildman–Crippen MR) is 110 cm³/mol. The van der Waals surface area contributed by atoms with Crippen LogP contribution in [0.4, 0.5) is 5.69 Å². The lowest BCUT2D eigenvalue weighted by Crippen LogP contribution is -2.37. The van der Waals surface area contributed by atoms with E-state index in [1.54, 1.807) is 18.2 Å². The van der Waals surface area contributed by atoms with Crippen LogP contribution in [0.1, 0.15) is 36.5 Å². The van der Waals surface area contributed by atoms with E-state index in [0.29, 0.717) is 18.5 Å². The smallest absolute Gasteiger partial charge is 0.335 e. The van der Waals surface area contributed by atoms with Crippen LogP contribution in [0, 0.1) is 0 Å². The molecule has 0 aromatic heterocycles. The zero-order valence-corrected chi connectivity index (χ0v) is 17.6. The Morgan fingerprint density at radius 1 is 1.14 bits per heavy atom. The summed E-state index contributed by atoms with van der Waals surface area (Å²) in [6, 6.07) is 11.5. The van der Waals surface area contributed by atoms with Crippen molar-refractivity contribution < 1.29 is 23.1 Å². The molecule has 3 N–H and O–H groups in total. The number of rotatable bonds is 9. The largest absolute Gasteiger partial charge is 0.478 e. The highest BCUT2D eigenvalue weighted by molar-refractivity contribution is 9.10. The molecule has 0 aliphatic heterocycles. The average molecular weight is 469 g/mol. The molecule has 7 nitrogen and oxygen atoms in total. The number of hydrogen-bond acceptors (Lipinski definition) is 4. The van der Waals surface area contributed by atoms with Crippen LogP contribution in [-0.2, 0) is 14.8 Å². The molecular formula is C19H21BrN2O5S. The van der Waals surface area contributed by atoms with Gasteiger partial charge in [0.25, 0.3) is 0 Å². The molecule has 2 aromatic carbocycles. The summed E-state index contributed by atoms with van der Waals surface area (Å²) >= 11 is 3.26. The van der Waals surface area contributed by atoms with E-state index in [0.717, 1.165) is 4.47 Å². The molecule has 0 fully saturated rings. The zero-order valence-electron chi connectivity index (χ0n) is 15.2. The molecule has 0 saturated heterocycles. The van der Waals surface area contributed by atoms with Crippen molar-refractivity contribution in [2.24, 2.45) is 0 Å². The lowest BCUT2D eigenvalue weighted by atomic mass is 10.1. The van der Waals surface area contributed by atoms with Gasteiger partial charge in [0, 0.05) is 22.6 Å². The number of carbonyl (C=O) groups is 2. The van der Waals surface area contributed by atoms with E-state index in [1.165, 1.54) is 30.3 Å². The Morgan fingerprint density at radius 3 is 2.43 bits per heavy atom. The minimum absolute atomic E-state index is 0.0545. The van der Waals surface area contributed by atoms with Crippen LogP contribution in [0.3, 0.4) is 0 Å². The lowest BCUT2D eigenvalue weighted by Gasteiger charge is -2.18. The first-order chi connectivity index (χ1) is 13.2. The second-order valence-electron chi connectivity index (χ2n) is 6.20. The summed E-state index contributed by atoms with van der Waals surface area (Å²) in [7, 11) is -3.76. The molecule has 0 spiro atoms. The first-order valence-corrected chi connectivity index (χ1v) is 10.9. The van der Waals surface area contributed by atoms with E-state index in [4.69, 9.17) is 5.11 Å². The van der Waals surface area contributed by atoms with Gasteiger partial charge in [0.2, 0.25) is 15.9 Å². The van der Waals surface area contributed by atoms with Gasteiger partial charge in [-0.05, 0) is 48.9 Å². The van der Waals surface area contributed by atoms with Crippen molar-refractivity contribution in [2.45, 2.75) is 37.1 Å². The molecule has 2 rings (SSSR count). The number of carboxylic acid groups (broad SMARTS) is 1. The Kier molecular flexibility index (Phi) is 7.73. The van der Waals surface area contributed by atoms with Crippen molar-refractivity contribution >= 4 is 43.5 Å². The van der Waals surface area contributed by atoms with E-state index in [-0.39, 0.29) is 16.9 Å². The number of hydrogen-bond donors (Lipinski definition) is 3. The molecule has 0 radical (unpaired) electrons. The molecule has 9 heteroatoms. The minimum atomic E-state index is -3.76. The molecule has 150 valence electrons. The molecule has 2 aromatic rings. The summed E-state index contributed by atoms with van der Waals surface area (Å²) in [5.41, 5.74) is 0.398. The fourth-order valence-corrected chi connectivity index (χ4v) is 4.15. The number of halogens is 1. The van der Waals surface area contributed by atoms with Crippen molar-refractivity contribution in [3.63, 3.8) is 0 Å². The molecule has 0 unspecified atom stereocenters. The van der Waals surface area contributed by atoms with Gasteiger partial charge in [-0.1, -0.05) is 35.3 Å². The van der Waals surface area contributed by atoms with Crippen molar-refractivity contribution in [1.82, 2.24) is 4.72 Å². The van der Waals surface area contributed by atoms with E-state index in [2.05, 4.69) is 26.0 Å². The second kappa shape index (κ2) is 9.81. The second-order valence-corrected chi connectivity index (χ2v) is 8.83. The van der Waals surface area contributed by atoms with Crippen molar-refractivity contribution in [1.29, 1.82) is 0 Å². The maximum absolute atomic E-state index is 12.6. The van der Waals surface area contributed by atoms with Crippen LogP contribution in [0.15, 0.2) is 57.9 Å². The van der Waals surface area contributed by atoms with Gasteiger partial charge in [0.15, 0.2) is 0 Å². The topological polar surface area (TPSA) is 113 Å². The Balaban J connectivity index is 2.07. The van der Waals surface area contributed by atoms with Crippen LogP contribution < -0.4 is 10.0 Å². The molecule has 0 aliphatic rings. The number of amides is 1. The first-order valence-electron chi connectivity index (χ1n) is 8.62. The van der Waals surface area contributed by atoms with Crippen molar-refractivity contribution in [2.75, 3.05) is 5.32 Å². The number of anilines is 1. The summed E-state index contributed by atoms with van der Waals surface area (Å²) in [5.74, 6) is -1.50. The van der Waals surface area contributed by atoms with Crippen LogP contribution >= 0.6 is 15.9 Å². The number of nitrogens with one attached hydrogen (secondary N) is 2. The van der Waals surface area contributed by atoms with Gasteiger partial charge in [-0.3, -0.25) is 4.79 Å². The number of benzene rings is 2. The third kappa shape index (κ3) is 6.43. The lowest BCUT2D eigenvalue weighted by molar-refractivity contribution is -0.116. The van der Waals surface area contributed by atoms with Crippen LogP contribution in [0.25, 0.3) is 0 Å². The Morgan fingerprint density at radius 2 is 1.82 bits per heavy atom. The van der Waals surface area contributed by atoms with Crippen LogP contribution in [0.2, 0.25) is 0 Å². The Hall–Kier alpha value is -2.23. The SMILES string of the molecule is CCC[C@@H](CC(=O)Nc1cccc(C(=O)O)c1)NS(=O)(=O)c1ccc(Br)cc1. The zero-order chi connectivity index (χ0) is 20.7. The van der Waals surface area contributed by atoms with Gasteiger partial charge in [0.05, 0.1) is 10.5 Å². The van der Waals surface area contributed by atoms with E-state index in [1.807, 2.05) is 6.92 Å². The molecule has 0 bridgehead atoms. The first kappa shape index (κ1) is 22.1. The monoisotopic (exact) mass is 468 g/mol. The van der Waals surface area contributed by atoms with Gasteiger partial charge in [-0.2, -0.15) is 0 Å². The molecule has 1 amide bonds. The summed E-state index contributed by atoms with van der Waals surface area (Å²) in [4.78, 5) is 23.5. The number of sulfonamides is 1. The summed E-state index contributed by atoms with van der Waals surface area (Å²) < 4.78 is 28.5. The molecule has 0 aliphatic carbocycles. The minimum Gasteiger partial charge on any atom is -0.478 e. The standard InChI is InChI=1S/C19H21BrN2O5S/c1-2-4-16(22-28(26,27)17-9-7-14(20)8-10-17)12-18(23)21-15-6-3-5-13(11-15)19(24)25/h3,5-11,16,22H,2,4,12H2,1H3,(H,21,23)(H,24,25)/t16-/m0/s1. The van der Waals surface area contributed by atoms with Crippen LogP contribution in [-0.4, -0.2) is 31.4 Å². The summed E-state index contributed by atoms with van der Waals surface area (Å²) in [6.45, 7) is 1.90. The van der Waals surface area contributed by atoms with Crippen molar-refractivity contribution in [3.05, 3.63) is 58.6 Å². The molecular weight excluding hydrogens is 448 g/mol. The number of carboxylic acids is 1. The number of carbonyl (C=O) groups excluding carboxylic acids is 1. The highest BCUT2D eigenvalue weighted by Gasteiger charge is 2.22. The van der Waals surface area contributed by atoms with Crippen LogP contribution in [0.5, 0.6) is 0 Å². The third-order valence-corrected chi connectivity index (χ3v) is 5.97. The maximum Gasteiger partial charge on any atom is 0.335 e. The van der Waals surface area contributed by atoms with Gasteiger partial charge in [-0.15, -0.1) is 0 Å². The van der Waals surface area contributed by atoms with E-state index < -0.39 is 27.9 Å². The summed E-state index contributed by atoms with van der Waals surface area (Å²) in [5, 5.41) is 11.6. The van der Waals surface area contributed by atoms with Crippen molar-refractivity contribution in [3.8, 4) is 0 Å². The fourth-order valence-electron chi connectivity index (χ4n) is 2.62. The Bertz CT molecular complexity index is 945. The molecule has 0 heterocycles. The fraction of sp³-hybridized carbons (Fsp3) is 0.263. The Labute approximate surface area is 172 Å². The molecule has 28 heavy (non-hydrogen) atoms. The molecule has 1 atom stereocenters. The highest BCUT2D eigenvalue weighted by atomic mass is 79.9. The van der Waals surface area contributed by atoms with Gasteiger partial charge in [-0.25, -0.2) is 17.9 Å².